The molecule has 0 bridgehead atoms. The third-order valence-electron chi connectivity index (χ3n) is 2.56. The zero-order valence-corrected chi connectivity index (χ0v) is 12.6. The Morgan fingerprint density at radius 2 is 1.94 bits per heavy atom. The van der Waals surface area contributed by atoms with Crippen LogP contribution in [0.2, 0.25) is 0 Å². The molecule has 0 spiro atoms. The van der Waals surface area contributed by atoms with E-state index in [1.54, 1.807) is 17.7 Å². The minimum atomic E-state index is 0.866. The smallest absolute Gasteiger partial charge is 0.142 e. The molecule has 0 saturated carbocycles. The topological polar surface area (TPSA) is 37.8 Å². The molecule has 3 rings (SSSR count). The summed E-state index contributed by atoms with van der Waals surface area (Å²) in [7, 11) is 0. The second kappa shape index (κ2) is 4.81. The van der Waals surface area contributed by atoms with Gasteiger partial charge in [-0.2, -0.15) is 0 Å². The number of hydrogen-bond donors (Lipinski definition) is 1. The first-order valence-corrected chi connectivity index (χ1v) is 7.35. The molecule has 0 aliphatic rings. The number of halogens is 1. The molecule has 2 heterocycles. The largest absolute Gasteiger partial charge is 0.340 e. The number of fused-ring (bicyclic) bond motifs is 1. The van der Waals surface area contributed by atoms with Gasteiger partial charge in [0.15, 0.2) is 0 Å². The monoisotopic (exact) mass is 367 g/mol. The average molecular weight is 367 g/mol. The lowest BCUT2D eigenvalue weighted by molar-refractivity contribution is 1.23. The van der Waals surface area contributed by atoms with Crippen molar-refractivity contribution in [3.05, 3.63) is 45.1 Å². The lowest BCUT2D eigenvalue weighted by atomic mass is 10.3. The van der Waals surface area contributed by atoms with E-state index >= 15 is 0 Å². The molecule has 1 aromatic carbocycles. The van der Waals surface area contributed by atoms with E-state index in [1.165, 1.54) is 8.45 Å². The number of aryl methyl sites for hydroxylation is 1. The third kappa shape index (κ3) is 2.32. The van der Waals surface area contributed by atoms with Crippen LogP contribution in [0, 0.1) is 10.5 Å². The summed E-state index contributed by atoms with van der Waals surface area (Å²) in [5.74, 6) is 0.866. The Labute approximate surface area is 122 Å². The van der Waals surface area contributed by atoms with Gasteiger partial charge >= 0.3 is 0 Å². The van der Waals surface area contributed by atoms with Gasteiger partial charge in [0.2, 0.25) is 0 Å². The molecule has 0 radical (unpaired) electrons. The van der Waals surface area contributed by atoms with Crippen molar-refractivity contribution in [3.8, 4) is 0 Å². The SMILES string of the molecule is Cc1cc2c(Nc3ccc(I)cc3)ncnc2s1. The third-order valence-corrected chi connectivity index (χ3v) is 4.24. The van der Waals surface area contributed by atoms with E-state index in [2.05, 4.69) is 75.1 Å². The summed E-state index contributed by atoms with van der Waals surface area (Å²) in [6, 6.07) is 10.4. The van der Waals surface area contributed by atoms with Gasteiger partial charge in [-0.1, -0.05) is 0 Å². The first-order valence-electron chi connectivity index (χ1n) is 5.46. The molecule has 0 aliphatic heterocycles. The number of nitrogens with zero attached hydrogens (tertiary/aromatic N) is 2. The van der Waals surface area contributed by atoms with Gasteiger partial charge in [0.1, 0.15) is 17.0 Å². The van der Waals surface area contributed by atoms with Gasteiger partial charge in [-0.05, 0) is 59.8 Å². The van der Waals surface area contributed by atoms with Crippen LogP contribution in [0.4, 0.5) is 11.5 Å². The molecule has 3 nitrogen and oxygen atoms in total. The first kappa shape index (κ1) is 11.9. The molecule has 0 saturated heterocycles. The van der Waals surface area contributed by atoms with Crippen LogP contribution in [0.15, 0.2) is 36.7 Å². The number of thiophene rings is 1. The summed E-state index contributed by atoms with van der Waals surface area (Å²) in [4.78, 5) is 10.9. The van der Waals surface area contributed by atoms with Gasteiger partial charge in [-0.3, -0.25) is 0 Å². The maximum Gasteiger partial charge on any atom is 0.142 e. The molecule has 0 atom stereocenters. The van der Waals surface area contributed by atoms with Crippen LogP contribution in [0.25, 0.3) is 10.2 Å². The Bertz CT molecular complexity index is 691. The molecule has 3 aromatic rings. The molecule has 90 valence electrons. The molecule has 0 amide bonds. The van der Waals surface area contributed by atoms with E-state index in [-0.39, 0.29) is 0 Å². The number of anilines is 2. The molecule has 2 aromatic heterocycles. The summed E-state index contributed by atoms with van der Waals surface area (Å²) in [6.07, 6.45) is 1.60. The van der Waals surface area contributed by atoms with Crippen LogP contribution in [-0.4, -0.2) is 9.97 Å². The van der Waals surface area contributed by atoms with Crippen molar-refractivity contribution in [2.75, 3.05) is 5.32 Å². The Balaban J connectivity index is 2.01. The summed E-state index contributed by atoms with van der Waals surface area (Å²) in [5.41, 5.74) is 1.04. The van der Waals surface area contributed by atoms with Gasteiger partial charge in [0.25, 0.3) is 0 Å². The molecule has 18 heavy (non-hydrogen) atoms. The van der Waals surface area contributed by atoms with Crippen molar-refractivity contribution in [3.63, 3.8) is 0 Å². The Kier molecular flexibility index (Phi) is 3.17. The maximum atomic E-state index is 4.32. The van der Waals surface area contributed by atoms with Crippen molar-refractivity contribution in [2.45, 2.75) is 6.92 Å². The van der Waals surface area contributed by atoms with Gasteiger partial charge in [-0.15, -0.1) is 11.3 Å². The molecular formula is C13H10IN3S. The van der Waals surface area contributed by atoms with Crippen molar-refractivity contribution >= 4 is 55.6 Å². The summed E-state index contributed by atoms with van der Waals surface area (Å²) in [6.45, 7) is 2.08. The predicted octanol–water partition coefficient (Wildman–Crippen LogP) is 4.35. The van der Waals surface area contributed by atoms with Crippen molar-refractivity contribution in [1.29, 1.82) is 0 Å². The van der Waals surface area contributed by atoms with Crippen LogP contribution in [0.1, 0.15) is 4.88 Å². The number of aromatic nitrogens is 2. The van der Waals surface area contributed by atoms with Crippen molar-refractivity contribution in [1.82, 2.24) is 9.97 Å². The number of rotatable bonds is 2. The second-order valence-electron chi connectivity index (χ2n) is 3.93. The highest BCUT2D eigenvalue weighted by molar-refractivity contribution is 14.1. The molecule has 1 N–H and O–H groups in total. The zero-order chi connectivity index (χ0) is 12.5. The predicted molar refractivity (Wildman–Crippen MR) is 84.6 cm³/mol. The number of benzene rings is 1. The van der Waals surface area contributed by atoms with E-state index in [4.69, 9.17) is 0 Å². The number of nitrogens with one attached hydrogen (secondary N) is 1. The van der Waals surface area contributed by atoms with Crippen molar-refractivity contribution in [2.24, 2.45) is 0 Å². The summed E-state index contributed by atoms with van der Waals surface area (Å²) >= 11 is 3.98. The van der Waals surface area contributed by atoms with Crippen LogP contribution in [-0.2, 0) is 0 Å². The summed E-state index contributed by atoms with van der Waals surface area (Å²) < 4.78 is 1.22. The lowest BCUT2D eigenvalue weighted by Gasteiger charge is -2.06. The molecular weight excluding hydrogens is 357 g/mol. The van der Waals surface area contributed by atoms with E-state index in [9.17, 15) is 0 Å². The van der Waals surface area contributed by atoms with Gasteiger partial charge < -0.3 is 5.32 Å². The number of hydrogen-bond acceptors (Lipinski definition) is 4. The Morgan fingerprint density at radius 3 is 2.72 bits per heavy atom. The quantitative estimate of drug-likeness (QED) is 0.685. The highest BCUT2D eigenvalue weighted by Crippen LogP contribution is 2.29. The normalized spacial score (nSPS) is 10.8. The fraction of sp³-hybridized carbons (Fsp3) is 0.0769. The second-order valence-corrected chi connectivity index (χ2v) is 6.41. The van der Waals surface area contributed by atoms with Gasteiger partial charge in [-0.25, -0.2) is 9.97 Å². The molecule has 0 aliphatic carbocycles. The minimum absolute atomic E-state index is 0.866. The molecule has 5 heteroatoms. The van der Waals surface area contributed by atoms with Crippen LogP contribution in [0.5, 0.6) is 0 Å². The van der Waals surface area contributed by atoms with E-state index in [1.807, 2.05) is 0 Å². The molecule has 0 unspecified atom stereocenters. The summed E-state index contributed by atoms with van der Waals surface area (Å²) in [5, 5.41) is 4.42. The standard InChI is InChI=1S/C13H10IN3S/c1-8-6-11-12(15-7-16-13(11)18-8)17-10-4-2-9(14)3-5-10/h2-7H,1H3,(H,15,16,17). The van der Waals surface area contributed by atoms with Crippen LogP contribution < -0.4 is 5.32 Å². The fourth-order valence-electron chi connectivity index (χ4n) is 1.75. The zero-order valence-electron chi connectivity index (χ0n) is 9.64. The van der Waals surface area contributed by atoms with E-state index in [0.717, 1.165) is 21.7 Å². The minimum Gasteiger partial charge on any atom is -0.340 e. The fourth-order valence-corrected chi connectivity index (χ4v) is 2.95. The van der Waals surface area contributed by atoms with Crippen molar-refractivity contribution < 1.29 is 0 Å². The maximum absolute atomic E-state index is 4.32. The Hall–Kier alpha value is -1.21. The van der Waals surface area contributed by atoms with Gasteiger partial charge in [0, 0.05) is 14.1 Å². The highest BCUT2D eigenvalue weighted by atomic mass is 127. The van der Waals surface area contributed by atoms with Gasteiger partial charge in [0.05, 0.1) is 5.39 Å². The van der Waals surface area contributed by atoms with Crippen LogP contribution >= 0.6 is 33.9 Å². The Morgan fingerprint density at radius 1 is 1.17 bits per heavy atom. The average Bonchev–Trinajstić information content (AvgIpc) is 2.73. The van der Waals surface area contributed by atoms with E-state index in [0.29, 0.717) is 0 Å². The highest BCUT2D eigenvalue weighted by Gasteiger charge is 2.06. The van der Waals surface area contributed by atoms with Crippen LogP contribution in [0.3, 0.4) is 0 Å². The first-order chi connectivity index (χ1) is 8.72. The lowest BCUT2D eigenvalue weighted by Crippen LogP contribution is -1.94. The van der Waals surface area contributed by atoms with E-state index < -0.39 is 0 Å². The molecule has 0 fully saturated rings.